The maximum absolute atomic E-state index is 13.1. The Kier molecular flexibility index (Phi) is 5.93. The van der Waals surface area contributed by atoms with Crippen LogP contribution in [0.4, 0.5) is 37.7 Å². The highest BCUT2D eigenvalue weighted by Gasteiger charge is 2.37. The van der Waals surface area contributed by atoms with E-state index in [1.807, 2.05) is 6.92 Å². The molecule has 0 fully saturated rings. The van der Waals surface area contributed by atoms with Gasteiger partial charge in [-0.3, -0.25) is 10.4 Å². The maximum Gasteiger partial charge on any atom is 0.416 e. The van der Waals surface area contributed by atoms with Crippen molar-refractivity contribution in [2.24, 2.45) is 4.99 Å². The van der Waals surface area contributed by atoms with E-state index in [1.54, 1.807) is 24.3 Å². The van der Waals surface area contributed by atoms with Crippen LogP contribution in [0.1, 0.15) is 23.6 Å². The Labute approximate surface area is 173 Å². The highest BCUT2D eigenvalue weighted by molar-refractivity contribution is 7.79. The van der Waals surface area contributed by atoms with Crippen LogP contribution in [0, 0.1) is 0 Å². The zero-order valence-electron chi connectivity index (χ0n) is 15.4. The molecule has 0 bridgehead atoms. The SMILES string of the molecule is C[C@H]1COC(c2ccccc2N(C=S)Nc2cc(C(F)(F)F)cc(C(F)(F)F)c2)=N1. The van der Waals surface area contributed by atoms with Crippen molar-refractivity contribution in [1.82, 2.24) is 0 Å². The highest BCUT2D eigenvalue weighted by atomic mass is 32.1. The fourth-order valence-electron chi connectivity index (χ4n) is 2.79. The minimum atomic E-state index is -4.96. The summed E-state index contributed by atoms with van der Waals surface area (Å²) < 4.78 is 84.2. The lowest BCUT2D eigenvalue weighted by molar-refractivity contribution is -0.143. The number of benzene rings is 2. The first-order valence-corrected chi connectivity index (χ1v) is 9.07. The summed E-state index contributed by atoms with van der Waals surface area (Å²) in [6, 6.07) is 7.71. The standard InChI is InChI=1S/C19H15F6N3OS/c1-11-9-29-17(26-11)15-4-2-3-5-16(15)28(10-30)27-14-7-12(18(20,21)22)6-13(8-14)19(23,24)25/h2-8,10-11,27H,9H2,1H3/t11-/m0/s1. The summed E-state index contributed by atoms with van der Waals surface area (Å²) in [4.78, 5) is 4.33. The number of hydrogen-bond donors (Lipinski definition) is 1. The van der Waals surface area contributed by atoms with Crippen LogP contribution in [0.2, 0.25) is 0 Å². The van der Waals surface area contributed by atoms with Crippen LogP contribution < -0.4 is 10.4 Å². The van der Waals surface area contributed by atoms with Crippen LogP contribution >= 0.6 is 12.2 Å². The molecule has 30 heavy (non-hydrogen) atoms. The minimum absolute atomic E-state index is 0.0589. The first-order chi connectivity index (χ1) is 14.0. The molecule has 3 rings (SSSR count). The topological polar surface area (TPSA) is 36.9 Å². The number of ether oxygens (including phenoxy) is 1. The highest BCUT2D eigenvalue weighted by Crippen LogP contribution is 2.38. The van der Waals surface area contributed by atoms with E-state index >= 15 is 0 Å². The third kappa shape index (κ3) is 4.84. The van der Waals surface area contributed by atoms with Gasteiger partial charge in [-0.25, -0.2) is 4.99 Å². The number of anilines is 2. The van der Waals surface area contributed by atoms with E-state index in [4.69, 9.17) is 17.0 Å². The summed E-state index contributed by atoms with van der Waals surface area (Å²) >= 11 is 4.94. The van der Waals surface area contributed by atoms with Crippen molar-refractivity contribution in [2.45, 2.75) is 25.3 Å². The van der Waals surface area contributed by atoms with Crippen molar-refractivity contribution < 1.29 is 31.1 Å². The Bertz CT molecular complexity index is 941. The van der Waals surface area contributed by atoms with E-state index in [9.17, 15) is 26.3 Å². The van der Waals surface area contributed by atoms with E-state index in [-0.39, 0.29) is 12.1 Å². The second kappa shape index (κ2) is 8.13. The lowest BCUT2D eigenvalue weighted by Gasteiger charge is -2.25. The van der Waals surface area contributed by atoms with Gasteiger partial charge in [-0.05, 0) is 37.3 Å². The van der Waals surface area contributed by atoms with Crippen LogP contribution in [0.15, 0.2) is 47.5 Å². The normalized spacial score (nSPS) is 16.6. The van der Waals surface area contributed by atoms with Crippen LogP contribution in [0.3, 0.4) is 0 Å². The van der Waals surface area contributed by atoms with E-state index in [0.29, 0.717) is 35.9 Å². The zero-order valence-corrected chi connectivity index (χ0v) is 16.2. The average Bonchev–Trinajstić information content (AvgIpc) is 3.11. The number of halogens is 6. The van der Waals surface area contributed by atoms with E-state index in [0.717, 1.165) is 10.5 Å². The Balaban J connectivity index is 2.01. The number of hydrogen-bond acceptors (Lipinski definition) is 4. The molecule has 0 spiro atoms. The van der Waals surface area contributed by atoms with Gasteiger partial charge in [0.1, 0.15) is 6.61 Å². The molecule has 0 radical (unpaired) electrons. The Hall–Kier alpha value is -2.82. The number of hydrazine groups is 1. The number of nitrogens with one attached hydrogen (secondary N) is 1. The quantitative estimate of drug-likeness (QED) is 0.364. The number of alkyl halides is 6. The molecule has 0 aliphatic carbocycles. The molecule has 0 aromatic heterocycles. The molecule has 4 nitrogen and oxygen atoms in total. The predicted molar refractivity (Wildman–Crippen MR) is 105 cm³/mol. The van der Waals surface area contributed by atoms with Gasteiger partial charge in [0.05, 0.1) is 39.6 Å². The van der Waals surface area contributed by atoms with Crippen molar-refractivity contribution in [2.75, 3.05) is 17.0 Å². The average molecular weight is 447 g/mol. The Morgan fingerprint density at radius 3 is 2.17 bits per heavy atom. The molecule has 1 N–H and O–H groups in total. The first kappa shape index (κ1) is 21.9. The first-order valence-electron chi connectivity index (χ1n) is 8.59. The fraction of sp³-hybridized carbons (Fsp3) is 0.263. The molecule has 0 unspecified atom stereocenters. The van der Waals surface area contributed by atoms with Crippen molar-refractivity contribution >= 4 is 35.0 Å². The van der Waals surface area contributed by atoms with E-state index in [1.165, 1.54) is 0 Å². The third-order valence-electron chi connectivity index (χ3n) is 4.14. The lowest BCUT2D eigenvalue weighted by Crippen LogP contribution is -2.29. The summed E-state index contributed by atoms with van der Waals surface area (Å²) in [5.41, 5.74) is 1.10. The van der Waals surface area contributed by atoms with Crippen molar-refractivity contribution in [3.8, 4) is 0 Å². The number of nitrogens with zero attached hydrogens (tertiary/aromatic N) is 2. The zero-order chi connectivity index (χ0) is 22.1. The molecule has 2 aromatic rings. The van der Waals surface area contributed by atoms with Gasteiger partial charge in [-0.15, -0.1) is 0 Å². The van der Waals surface area contributed by atoms with Gasteiger partial charge in [0.25, 0.3) is 0 Å². The molecule has 1 aliphatic heterocycles. The molecule has 0 saturated heterocycles. The monoisotopic (exact) mass is 447 g/mol. The number of aliphatic imine (C=N–C) groups is 1. The van der Waals surface area contributed by atoms with Gasteiger partial charge in [0.15, 0.2) is 0 Å². The molecule has 1 heterocycles. The van der Waals surface area contributed by atoms with E-state index in [2.05, 4.69) is 10.4 Å². The molecule has 1 atom stereocenters. The summed E-state index contributed by atoms with van der Waals surface area (Å²) in [5, 5.41) is 1.13. The number of thiocarbonyl (C=S) groups is 1. The van der Waals surface area contributed by atoms with Crippen molar-refractivity contribution in [3.05, 3.63) is 59.2 Å². The molecular formula is C19H15F6N3OS. The number of para-hydroxylation sites is 1. The minimum Gasteiger partial charge on any atom is -0.475 e. The van der Waals surface area contributed by atoms with Crippen molar-refractivity contribution in [1.29, 1.82) is 0 Å². The summed E-state index contributed by atoms with van der Waals surface area (Å²) in [6.45, 7) is 2.20. The fourth-order valence-corrected chi connectivity index (χ4v) is 2.95. The van der Waals surface area contributed by atoms with Gasteiger partial charge in [0.2, 0.25) is 5.90 Å². The molecule has 2 aromatic carbocycles. The van der Waals surface area contributed by atoms with Gasteiger partial charge in [-0.1, -0.05) is 24.4 Å². The molecular weight excluding hydrogens is 432 g/mol. The van der Waals surface area contributed by atoms with Gasteiger partial charge in [-0.2, -0.15) is 26.3 Å². The van der Waals surface area contributed by atoms with Crippen LogP contribution in [-0.2, 0) is 17.1 Å². The van der Waals surface area contributed by atoms with E-state index < -0.39 is 29.2 Å². The molecule has 0 amide bonds. The summed E-state index contributed by atoms with van der Waals surface area (Å²) in [7, 11) is 0. The Morgan fingerprint density at radius 1 is 1.07 bits per heavy atom. The van der Waals surface area contributed by atoms with Crippen LogP contribution in [0.5, 0.6) is 0 Å². The van der Waals surface area contributed by atoms with Gasteiger partial charge in [0, 0.05) is 0 Å². The van der Waals surface area contributed by atoms with Crippen LogP contribution in [-0.4, -0.2) is 24.0 Å². The second-order valence-electron chi connectivity index (χ2n) is 6.49. The largest absolute Gasteiger partial charge is 0.475 e. The lowest BCUT2D eigenvalue weighted by atomic mass is 10.1. The molecule has 1 aliphatic rings. The smallest absolute Gasteiger partial charge is 0.416 e. The second-order valence-corrected chi connectivity index (χ2v) is 6.70. The van der Waals surface area contributed by atoms with Crippen LogP contribution in [0.25, 0.3) is 0 Å². The molecule has 11 heteroatoms. The van der Waals surface area contributed by atoms with Crippen molar-refractivity contribution in [3.63, 3.8) is 0 Å². The van der Waals surface area contributed by atoms with Gasteiger partial charge >= 0.3 is 12.4 Å². The number of rotatable bonds is 5. The summed E-state index contributed by atoms with van der Waals surface area (Å²) in [6.07, 6.45) is -9.92. The summed E-state index contributed by atoms with van der Waals surface area (Å²) in [5.74, 6) is 0.307. The maximum atomic E-state index is 13.1. The third-order valence-corrected chi connectivity index (χ3v) is 4.35. The predicted octanol–water partition coefficient (Wildman–Crippen LogP) is 5.68. The van der Waals surface area contributed by atoms with Gasteiger partial charge < -0.3 is 4.74 Å². The Morgan fingerprint density at radius 2 is 1.67 bits per heavy atom. The molecule has 160 valence electrons. The molecule has 0 saturated carbocycles.